The van der Waals surface area contributed by atoms with Gasteiger partial charge in [0.15, 0.2) is 5.78 Å². The molecule has 0 aliphatic heterocycles. The summed E-state index contributed by atoms with van der Waals surface area (Å²) in [6, 6.07) is 8.78. The van der Waals surface area contributed by atoms with Gasteiger partial charge < -0.3 is 15.0 Å². The van der Waals surface area contributed by atoms with E-state index in [9.17, 15) is 14.4 Å². The number of halogens is 1. The van der Waals surface area contributed by atoms with E-state index < -0.39 is 31.4 Å². The number of anilines is 2. The molecule has 0 amide bonds. The summed E-state index contributed by atoms with van der Waals surface area (Å²) in [5.41, 5.74) is 2.48. The van der Waals surface area contributed by atoms with Gasteiger partial charge in [0, 0.05) is 46.0 Å². The first-order valence-electron chi connectivity index (χ1n) is 12.8. The zero-order valence-corrected chi connectivity index (χ0v) is 18.6. The number of rotatable bonds is 9. The van der Waals surface area contributed by atoms with Crippen LogP contribution in [0, 0.1) is 24.1 Å². The van der Waals surface area contributed by atoms with Crippen LogP contribution in [0.2, 0.25) is 0 Å². The third-order valence-corrected chi connectivity index (χ3v) is 4.79. The van der Waals surface area contributed by atoms with Crippen molar-refractivity contribution in [2.45, 2.75) is 20.3 Å². The van der Waals surface area contributed by atoms with Gasteiger partial charge in [-0.1, -0.05) is 6.05 Å². The quantitative estimate of drug-likeness (QED) is 0.465. The van der Waals surface area contributed by atoms with Gasteiger partial charge in [-0.25, -0.2) is 4.39 Å². The third kappa shape index (κ3) is 5.93. The van der Waals surface area contributed by atoms with Crippen molar-refractivity contribution in [2.75, 3.05) is 32.5 Å². The third-order valence-electron chi connectivity index (χ3n) is 4.79. The molecule has 1 N–H and O–H groups in total. The summed E-state index contributed by atoms with van der Waals surface area (Å²) >= 11 is 0. The number of carbonyl (C=O) groups excluding carboxylic acids is 1. The molecule has 3 aromatic rings. The predicted octanol–water partition coefficient (Wildman–Crippen LogP) is 4.93. The van der Waals surface area contributed by atoms with Crippen LogP contribution in [0.5, 0.6) is 5.75 Å². The number of benzene rings is 2. The zero-order chi connectivity index (χ0) is 28.2. The molecule has 0 saturated carbocycles. The van der Waals surface area contributed by atoms with Crippen molar-refractivity contribution in [1.29, 1.82) is 5.26 Å². The first-order valence-corrected chi connectivity index (χ1v) is 10.3. The number of pyridine rings is 1. The first kappa shape index (κ1) is 17.8. The summed E-state index contributed by atoms with van der Waals surface area (Å²) in [6.45, 7) is 0.830. The molecule has 0 aliphatic rings. The lowest BCUT2D eigenvalue weighted by molar-refractivity contribution is -0.114. The normalized spacial score (nSPS) is 14.4. The number of hydrogen-bond donors (Lipinski definition) is 1. The molecule has 7 heteroatoms. The minimum Gasteiger partial charge on any atom is -0.494 e. The van der Waals surface area contributed by atoms with Crippen molar-refractivity contribution in [3.8, 4) is 11.8 Å². The van der Waals surface area contributed by atoms with Crippen LogP contribution in [-0.4, -0.2) is 42.8 Å². The van der Waals surface area contributed by atoms with Gasteiger partial charge in [0.25, 0.3) is 0 Å². The van der Waals surface area contributed by atoms with E-state index in [1.54, 1.807) is 32.0 Å². The maximum atomic E-state index is 13.8. The number of ketones is 1. The van der Waals surface area contributed by atoms with Crippen LogP contribution < -0.4 is 10.1 Å². The molecule has 0 unspecified atom stereocenters. The molecule has 1 aromatic heterocycles. The minimum absolute atomic E-state index is 0.225. The Morgan fingerprint density at radius 2 is 2.24 bits per heavy atom. The van der Waals surface area contributed by atoms with Gasteiger partial charge in [0.05, 0.1) is 26.1 Å². The van der Waals surface area contributed by atoms with E-state index >= 15 is 0 Å². The summed E-state index contributed by atoms with van der Waals surface area (Å²) in [4.78, 5) is 18.2. The maximum absolute atomic E-state index is 13.8. The molecule has 0 saturated heterocycles. The standard InChI is InChI=1S/C26H27FN4O2/c1-5-33-25-14-24-22(13-18(25)12-21(32)7-6-10-31(3)4)26(19(15-28)16-29-24)30-20-8-9-23(27)17(2)11-20/h6-9,11,13-14,16H,5,10,12H2,1-4H3,(H,29,30)/b7-6+/i3D3,6D,7D. The van der Waals surface area contributed by atoms with Gasteiger partial charge in [-0.05, 0) is 63.8 Å². The molecule has 0 atom stereocenters. The lowest BCUT2D eigenvalue weighted by atomic mass is 10.0. The molecule has 0 bridgehead atoms. The molecule has 6 nitrogen and oxygen atoms in total. The molecule has 0 radical (unpaired) electrons. The molecular formula is C26H27FN4O2. The van der Waals surface area contributed by atoms with Gasteiger partial charge in [0.2, 0.25) is 0 Å². The highest BCUT2D eigenvalue weighted by molar-refractivity contribution is 5.98. The SMILES string of the molecule is [2H]/C(CN(C)C([2H])([2H])[2H])=C(/[2H])C(=O)Cc1cc2c(Nc3ccc(F)c(C)c3)c(C#N)cnc2cc1OCC. The van der Waals surface area contributed by atoms with E-state index in [0.29, 0.717) is 45.8 Å². The van der Waals surface area contributed by atoms with Gasteiger partial charge in [0.1, 0.15) is 17.6 Å². The van der Waals surface area contributed by atoms with E-state index in [1.165, 1.54) is 25.4 Å². The maximum Gasteiger partial charge on any atom is 0.159 e. The van der Waals surface area contributed by atoms with Gasteiger partial charge in [-0.2, -0.15) is 5.26 Å². The number of nitrogens with one attached hydrogen (secondary N) is 1. The van der Waals surface area contributed by atoms with Crippen molar-refractivity contribution < 1.29 is 20.8 Å². The second-order valence-electron chi connectivity index (χ2n) is 7.42. The zero-order valence-electron chi connectivity index (χ0n) is 23.6. The average Bonchev–Trinajstić information content (AvgIpc) is 2.85. The lowest BCUT2D eigenvalue weighted by Gasteiger charge is -2.15. The Kier molecular flexibility index (Phi) is 5.76. The Labute approximate surface area is 200 Å². The van der Waals surface area contributed by atoms with Crippen LogP contribution in [-0.2, 0) is 11.2 Å². The van der Waals surface area contributed by atoms with Gasteiger partial charge in [-0.3, -0.25) is 9.78 Å². The highest BCUT2D eigenvalue weighted by atomic mass is 19.1. The Morgan fingerprint density at radius 3 is 2.94 bits per heavy atom. The van der Waals surface area contributed by atoms with Gasteiger partial charge in [-0.15, -0.1) is 0 Å². The number of carbonyl (C=O) groups is 1. The number of nitrogens with zero attached hydrogens (tertiary/aromatic N) is 3. The predicted molar refractivity (Wildman–Crippen MR) is 128 cm³/mol. The van der Waals surface area contributed by atoms with E-state index in [2.05, 4.69) is 16.4 Å². The van der Waals surface area contributed by atoms with Crippen LogP contribution in [0.3, 0.4) is 0 Å². The summed E-state index contributed by atoms with van der Waals surface area (Å²) < 4.78 is 57.9. The number of likely N-dealkylation sites (N-methyl/N-ethyl adjacent to an activating group) is 1. The van der Waals surface area contributed by atoms with Crippen molar-refractivity contribution >= 4 is 28.1 Å². The van der Waals surface area contributed by atoms with E-state index in [0.717, 1.165) is 4.90 Å². The Bertz CT molecular complexity index is 1450. The summed E-state index contributed by atoms with van der Waals surface area (Å²) in [7, 11) is 1.28. The number of aryl methyl sites for hydroxylation is 1. The number of aromatic nitrogens is 1. The van der Waals surface area contributed by atoms with Gasteiger partial charge >= 0.3 is 0 Å². The Balaban J connectivity index is 2.06. The van der Waals surface area contributed by atoms with Crippen LogP contribution in [0.25, 0.3) is 10.9 Å². The minimum atomic E-state index is -2.46. The molecule has 3 rings (SSSR count). The Morgan fingerprint density at radius 1 is 1.42 bits per heavy atom. The fourth-order valence-corrected chi connectivity index (χ4v) is 3.25. The molecule has 33 heavy (non-hydrogen) atoms. The smallest absolute Gasteiger partial charge is 0.159 e. The van der Waals surface area contributed by atoms with Crippen molar-refractivity contribution in [3.63, 3.8) is 0 Å². The monoisotopic (exact) mass is 451 g/mol. The number of ether oxygens (including phenoxy) is 1. The first-order chi connectivity index (χ1) is 17.8. The molecule has 0 aliphatic carbocycles. The molecule has 170 valence electrons. The van der Waals surface area contributed by atoms with Crippen LogP contribution in [0.4, 0.5) is 15.8 Å². The van der Waals surface area contributed by atoms with Crippen LogP contribution in [0.15, 0.2) is 48.6 Å². The lowest BCUT2D eigenvalue weighted by Crippen LogP contribution is -2.11. The highest BCUT2D eigenvalue weighted by Gasteiger charge is 2.16. The second-order valence-corrected chi connectivity index (χ2v) is 7.42. The molecule has 2 aromatic carbocycles. The largest absolute Gasteiger partial charge is 0.494 e. The van der Waals surface area contributed by atoms with E-state index in [1.807, 2.05) is 0 Å². The average molecular weight is 452 g/mol. The summed E-state index contributed by atoms with van der Waals surface area (Å²) in [5.74, 6) is -0.703. The van der Waals surface area contributed by atoms with E-state index in [4.69, 9.17) is 11.6 Å². The fourth-order valence-electron chi connectivity index (χ4n) is 3.25. The Hall–Kier alpha value is -3.76. The highest BCUT2D eigenvalue weighted by Crippen LogP contribution is 2.34. The van der Waals surface area contributed by atoms with E-state index in [-0.39, 0.29) is 17.8 Å². The number of allylic oxidation sites excluding steroid dienone is 1. The van der Waals surface area contributed by atoms with Crippen LogP contribution in [0.1, 0.15) is 30.5 Å². The molecule has 0 fully saturated rings. The summed E-state index contributed by atoms with van der Waals surface area (Å²) in [5, 5.41) is 13.4. The summed E-state index contributed by atoms with van der Waals surface area (Å²) in [6.07, 6.45) is 1.11. The van der Waals surface area contributed by atoms with Crippen molar-refractivity contribution in [2.24, 2.45) is 0 Å². The molecule has 1 heterocycles. The van der Waals surface area contributed by atoms with Crippen molar-refractivity contribution in [3.05, 3.63) is 71.1 Å². The van der Waals surface area contributed by atoms with Crippen LogP contribution >= 0.6 is 0 Å². The van der Waals surface area contributed by atoms with Crippen molar-refractivity contribution in [1.82, 2.24) is 9.88 Å². The topological polar surface area (TPSA) is 78.3 Å². The number of hydrogen-bond acceptors (Lipinski definition) is 6. The number of nitriles is 1. The second kappa shape index (κ2) is 10.7. The molecule has 0 spiro atoms. The number of fused-ring (bicyclic) bond motifs is 1. The fraction of sp³-hybridized carbons (Fsp3) is 0.269. The molecular weight excluding hydrogens is 419 g/mol.